The van der Waals surface area contributed by atoms with Gasteiger partial charge in [0, 0.05) is 37.1 Å². The molecule has 0 unspecified atom stereocenters. The second kappa shape index (κ2) is 11.9. The summed E-state index contributed by atoms with van der Waals surface area (Å²) in [6, 6.07) is 13.5. The number of nitrogens with zero attached hydrogens (tertiary/aromatic N) is 2. The highest BCUT2D eigenvalue weighted by Gasteiger charge is 2.29. The summed E-state index contributed by atoms with van der Waals surface area (Å²) in [5.74, 6) is 0.417. The van der Waals surface area contributed by atoms with Gasteiger partial charge in [-0.3, -0.25) is 9.69 Å². The Morgan fingerprint density at radius 1 is 0.895 bits per heavy atom. The first-order chi connectivity index (χ1) is 18.3. The van der Waals surface area contributed by atoms with E-state index in [9.17, 15) is 18.0 Å². The maximum atomic E-state index is 13.0. The number of sulfonamides is 1. The van der Waals surface area contributed by atoms with Crippen LogP contribution in [0.2, 0.25) is 0 Å². The van der Waals surface area contributed by atoms with Gasteiger partial charge in [-0.2, -0.15) is 4.31 Å². The monoisotopic (exact) mass is 559 g/mol. The third kappa shape index (κ3) is 5.99. The van der Waals surface area contributed by atoms with Gasteiger partial charge < -0.3 is 19.5 Å². The minimum atomic E-state index is -3.64. The number of carbonyl (C=O) groups excluding carboxylic acids is 2. The SMILES string of the molecule is COC(=O)c1c(-c2ccc(OC)cc2)csc1NC(=O)CN1CCN(S(=O)(=O)c2ccc(OC)cc2)CC1. The van der Waals surface area contributed by atoms with Crippen LogP contribution >= 0.6 is 11.3 Å². The lowest BCUT2D eigenvalue weighted by atomic mass is 10.0. The largest absolute Gasteiger partial charge is 0.497 e. The number of thiophene rings is 1. The first-order valence-electron chi connectivity index (χ1n) is 11.8. The number of benzene rings is 2. The molecule has 0 saturated carbocycles. The van der Waals surface area contributed by atoms with Crippen molar-refractivity contribution in [3.8, 4) is 22.6 Å². The number of rotatable bonds is 9. The molecule has 1 amide bonds. The molecule has 38 heavy (non-hydrogen) atoms. The highest BCUT2D eigenvalue weighted by Crippen LogP contribution is 2.36. The smallest absolute Gasteiger partial charge is 0.341 e. The van der Waals surface area contributed by atoms with Crippen LogP contribution in [0.5, 0.6) is 11.5 Å². The van der Waals surface area contributed by atoms with Crippen LogP contribution in [-0.4, -0.2) is 83.6 Å². The Labute approximate surface area is 225 Å². The number of nitrogens with one attached hydrogen (secondary N) is 1. The highest BCUT2D eigenvalue weighted by molar-refractivity contribution is 7.89. The standard InChI is InChI=1S/C26H29N3O7S2/c1-34-19-6-4-18(5-7-19)22-17-37-25(24(22)26(31)36-3)27-23(30)16-28-12-14-29(15-13-28)38(32,33)21-10-8-20(35-2)9-11-21/h4-11,17H,12-16H2,1-3H3,(H,27,30). The number of hydrogen-bond donors (Lipinski definition) is 1. The summed E-state index contributed by atoms with van der Waals surface area (Å²) in [4.78, 5) is 27.6. The molecule has 12 heteroatoms. The molecular formula is C26H29N3O7S2. The molecule has 0 spiro atoms. The van der Waals surface area contributed by atoms with Crippen LogP contribution in [0.4, 0.5) is 5.00 Å². The van der Waals surface area contributed by atoms with Crippen LogP contribution in [0.25, 0.3) is 11.1 Å². The van der Waals surface area contributed by atoms with Gasteiger partial charge in [0.1, 0.15) is 22.1 Å². The average molecular weight is 560 g/mol. The first kappa shape index (κ1) is 27.6. The van der Waals surface area contributed by atoms with Gasteiger partial charge in [-0.15, -0.1) is 11.3 Å². The van der Waals surface area contributed by atoms with Crippen LogP contribution < -0.4 is 14.8 Å². The second-order valence-corrected chi connectivity index (χ2v) is 11.3. The van der Waals surface area contributed by atoms with E-state index in [0.29, 0.717) is 35.2 Å². The minimum absolute atomic E-state index is 0.0623. The van der Waals surface area contributed by atoms with Crippen LogP contribution in [0, 0.1) is 0 Å². The molecule has 10 nitrogen and oxygen atoms in total. The quantitative estimate of drug-likeness (QED) is 0.398. The second-order valence-electron chi connectivity index (χ2n) is 8.48. The molecule has 1 fully saturated rings. The van der Waals surface area contributed by atoms with Gasteiger partial charge in [0.15, 0.2) is 0 Å². The van der Waals surface area contributed by atoms with Crippen molar-refractivity contribution in [2.75, 3.05) is 59.4 Å². The normalized spacial score (nSPS) is 14.6. The van der Waals surface area contributed by atoms with Crippen LogP contribution in [0.15, 0.2) is 58.8 Å². The van der Waals surface area contributed by atoms with Crippen molar-refractivity contribution >= 4 is 38.2 Å². The van der Waals surface area contributed by atoms with E-state index in [2.05, 4.69) is 5.32 Å². The lowest BCUT2D eigenvalue weighted by Gasteiger charge is -2.33. The first-order valence-corrected chi connectivity index (χ1v) is 14.1. The van der Waals surface area contributed by atoms with Crippen molar-refractivity contribution in [2.24, 2.45) is 0 Å². The molecule has 1 aliphatic rings. The van der Waals surface area contributed by atoms with E-state index in [1.807, 2.05) is 17.0 Å². The van der Waals surface area contributed by atoms with Gasteiger partial charge in [-0.1, -0.05) is 12.1 Å². The molecular weight excluding hydrogens is 530 g/mol. The third-order valence-corrected chi connectivity index (χ3v) is 9.04. The Hall–Kier alpha value is -3.45. The van der Waals surface area contributed by atoms with Gasteiger partial charge in [0.05, 0.1) is 32.8 Å². The topological polar surface area (TPSA) is 114 Å². The fourth-order valence-electron chi connectivity index (χ4n) is 4.13. The summed E-state index contributed by atoms with van der Waals surface area (Å²) in [7, 11) is 0.751. The number of hydrogen-bond acceptors (Lipinski definition) is 9. The summed E-state index contributed by atoms with van der Waals surface area (Å²) >= 11 is 1.24. The number of methoxy groups -OCH3 is 3. The maximum Gasteiger partial charge on any atom is 0.341 e. The summed E-state index contributed by atoms with van der Waals surface area (Å²) in [6.45, 7) is 1.38. The zero-order valence-corrected chi connectivity index (χ0v) is 22.9. The molecule has 1 aliphatic heterocycles. The number of anilines is 1. The van der Waals surface area contributed by atoms with Crippen molar-refractivity contribution in [2.45, 2.75) is 4.90 Å². The third-order valence-electron chi connectivity index (χ3n) is 6.23. The molecule has 3 aromatic rings. The Morgan fingerprint density at radius 2 is 1.47 bits per heavy atom. The fraction of sp³-hybridized carbons (Fsp3) is 0.308. The summed E-state index contributed by atoms with van der Waals surface area (Å²) in [6.07, 6.45) is 0. The fourth-order valence-corrected chi connectivity index (χ4v) is 6.53. The van der Waals surface area contributed by atoms with Gasteiger partial charge in [0.25, 0.3) is 0 Å². The Kier molecular flexibility index (Phi) is 8.67. The zero-order chi connectivity index (χ0) is 27.3. The molecule has 0 atom stereocenters. The molecule has 202 valence electrons. The Bertz CT molecular complexity index is 1380. The van der Waals surface area contributed by atoms with Gasteiger partial charge in [-0.25, -0.2) is 13.2 Å². The van der Waals surface area contributed by atoms with Gasteiger partial charge in [-0.05, 0) is 42.0 Å². The highest BCUT2D eigenvalue weighted by atomic mass is 32.2. The Balaban J connectivity index is 1.39. The van der Waals surface area contributed by atoms with E-state index in [4.69, 9.17) is 14.2 Å². The number of esters is 1. The van der Waals surface area contributed by atoms with Crippen LogP contribution in [0.3, 0.4) is 0 Å². The predicted molar refractivity (Wildman–Crippen MR) is 144 cm³/mol. The molecule has 4 rings (SSSR count). The maximum absolute atomic E-state index is 13.0. The molecule has 1 aromatic heterocycles. The number of amides is 1. The molecule has 2 heterocycles. The van der Waals surface area contributed by atoms with E-state index in [1.165, 1.54) is 42.0 Å². The zero-order valence-electron chi connectivity index (χ0n) is 21.3. The minimum Gasteiger partial charge on any atom is -0.497 e. The van der Waals surface area contributed by atoms with E-state index >= 15 is 0 Å². The summed E-state index contributed by atoms with van der Waals surface area (Å²) in [5.41, 5.74) is 1.72. The lowest BCUT2D eigenvalue weighted by Crippen LogP contribution is -2.50. The van der Waals surface area contributed by atoms with E-state index < -0.39 is 16.0 Å². The van der Waals surface area contributed by atoms with Crippen molar-refractivity contribution < 1.29 is 32.2 Å². The molecule has 1 saturated heterocycles. The Morgan fingerprint density at radius 3 is 2.03 bits per heavy atom. The van der Waals surface area contributed by atoms with Crippen LogP contribution in [-0.2, 0) is 19.6 Å². The molecule has 1 N–H and O–H groups in total. The lowest BCUT2D eigenvalue weighted by molar-refractivity contribution is -0.117. The van der Waals surface area contributed by atoms with E-state index in [-0.39, 0.29) is 36.0 Å². The van der Waals surface area contributed by atoms with Crippen molar-refractivity contribution in [3.05, 3.63) is 59.5 Å². The van der Waals surface area contributed by atoms with E-state index in [1.54, 1.807) is 36.8 Å². The summed E-state index contributed by atoms with van der Waals surface area (Å²) < 4.78 is 42.7. The van der Waals surface area contributed by atoms with Crippen molar-refractivity contribution in [3.63, 3.8) is 0 Å². The van der Waals surface area contributed by atoms with Gasteiger partial charge in [0.2, 0.25) is 15.9 Å². The predicted octanol–water partition coefficient (Wildman–Crippen LogP) is 3.16. The van der Waals surface area contributed by atoms with Crippen molar-refractivity contribution in [1.82, 2.24) is 9.21 Å². The average Bonchev–Trinajstić information content (AvgIpc) is 3.36. The molecule has 0 bridgehead atoms. The van der Waals surface area contributed by atoms with Crippen molar-refractivity contribution in [1.29, 1.82) is 0 Å². The van der Waals surface area contributed by atoms with E-state index in [0.717, 1.165) is 5.56 Å². The number of piperazine rings is 1. The molecule has 2 aromatic carbocycles. The molecule has 0 radical (unpaired) electrons. The number of carbonyl (C=O) groups is 2. The van der Waals surface area contributed by atoms with Crippen LogP contribution in [0.1, 0.15) is 10.4 Å². The summed E-state index contributed by atoms with van der Waals surface area (Å²) in [5, 5.41) is 5.03. The number of ether oxygens (including phenoxy) is 3. The van der Waals surface area contributed by atoms with Gasteiger partial charge >= 0.3 is 5.97 Å². The molecule has 0 aliphatic carbocycles.